The van der Waals surface area contributed by atoms with E-state index in [1.807, 2.05) is 0 Å². The SMILES string of the molecule is NC(=O)C(Nc1cccc(Cl)c1)c1cc(F)c(F)cc1F. The van der Waals surface area contributed by atoms with E-state index in [0.29, 0.717) is 22.8 Å². The number of nitrogens with one attached hydrogen (secondary N) is 1. The molecule has 1 amide bonds. The number of hydrogen-bond acceptors (Lipinski definition) is 2. The van der Waals surface area contributed by atoms with E-state index in [9.17, 15) is 18.0 Å². The molecule has 0 saturated heterocycles. The molecule has 0 aliphatic heterocycles. The first-order chi connectivity index (χ1) is 9.88. The van der Waals surface area contributed by atoms with Gasteiger partial charge in [0.15, 0.2) is 11.6 Å². The summed E-state index contributed by atoms with van der Waals surface area (Å²) >= 11 is 5.79. The van der Waals surface area contributed by atoms with Crippen molar-refractivity contribution in [3.8, 4) is 0 Å². The summed E-state index contributed by atoms with van der Waals surface area (Å²) in [5, 5.41) is 3.02. The summed E-state index contributed by atoms with van der Waals surface area (Å²) in [5.41, 5.74) is 5.19. The van der Waals surface area contributed by atoms with Crippen LogP contribution in [0.25, 0.3) is 0 Å². The smallest absolute Gasteiger partial charge is 0.244 e. The fourth-order valence-corrected chi connectivity index (χ4v) is 2.00. The van der Waals surface area contributed by atoms with Gasteiger partial charge in [0.25, 0.3) is 0 Å². The maximum atomic E-state index is 13.7. The largest absolute Gasteiger partial charge is 0.370 e. The molecular weight excluding hydrogens is 305 g/mol. The molecule has 0 aromatic heterocycles. The molecule has 110 valence electrons. The molecule has 3 N–H and O–H groups in total. The quantitative estimate of drug-likeness (QED) is 0.850. The zero-order chi connectivity index (χ0) is 15.6. The van der Waals surface area contributed by atoms with Gasteiger partial charge in [-0.3, -0.25) is 4.79 Å². The highest BCUT2D eigenvalue weighted by Gasteiger charge is 2.23. The van der Waals surface area contributed by atoms with Crippen molar-refractivity contribution in [1.29, 1.82) is 0 Å². The van der Waals surface area contributed by atoms with E-state index < -0.39 is 29.4 Å². The minimum Gasteiger partial charge on any atom is -0.370 e. The first kappa shape index (κ1) is 15.2. The van der Waals surface area contributed by atoms with Gasteiger partial charge in [0.1, 0.15) is 11.9 Å². The second kappa shape index (κ2) is 6.05. The highest BCUT2D eigenvalue weighted by atomic mass is 35.5. The van der Waals surface area contributed by atoms with Crippen LogP contribution >= 0.6 is 11.6 Å². The summed E-state index contributed by atoms with van der Waals surface area (Å²) in [7, 11) is 0. The van der Waals surface area contributed by atoms with Crippen molar-refractivity contribution in [1.82, 2.24) is 0 Å². The predicted octanol–water partition coefficient (Wildman–Crippen LogP) is 3.40. The standard InChI is InChI=1S/C14H10ClF3N2O/c15-7-2-1-3-8(4-7)20-13(14(19)21)9-5-11(17)12(18)6-10(9)16/h1-6,13,20H,(H2,19,21). The molecular formula is C14H10ClF3N2O. The Kier molecular flexibility index (Phi) is 4.37. The first-order valence-corrected chi connectivity index (χ1v) is 6.22. The number of carbonyl (C=O) groups excluding carboxylic acids is 1. The van der Waals surface area contributed by atoms with Crippen molar-refractivity contribution in [2.24, 2.45) is 5.73 Å². The molecule has 0 heterocycles. The van der Waals surface area contributed by atoms with Crippen LogP contribution in [0.4, 0.5) is 18.9 Å². The van der Waals surface area contributed by atoms with E-state index >= 15 is 0 Å². The average Bonchev–Trinajstić information content (AvgIpc) is 2.40. The molecule has 0 aliphatic carbocycles. The van der Waals surface area contributed by atoms with Crippen molar-refractivity contribution in [2.75, 3.05) is 5.32 Å². The van der Waals surface area contributed by atoms with Crippen LogP contribution in [0.1, 0.15) is 11.6 Å². The Bertz CT molecular complexity index is 694. The molecule has 0 aliphatic rings. The summed E-state index contributed by atoms with van der Waals surface area (Å²) in [6, 6.07) is 5.85. The Balaban J connectivity index is 2.40. The molecule has 1 atom stereocenters. The molecule has 2 rings (SSSR count). The lowest BCUT2D eigenvalue weighted by molar-refractivity contribution is -0.118. The van der Waals surface area contributed by atoms with Crippen LogP contribution in [0, 0.1) is 17.5 Å². The fraction of sp³-hybridized carbons (Fsp3) is 0.0714. The van der Waals surface area contributed by atoms with E-state index in [2.05, 4.69) is 5.32 Å². The van der Waals surface area contributed by atoms with Gasteiger partial charge in [0.05, 0.1) is 0 Å². The van der Waals surface area contributed by atoms with Crippen LogP contribution in [0.3, 0.4) is 0 Å². The second-order valence-electron chi connectivity index (χ2n) is 4.28. The van der Waals surface area contributed by atoms with Crippen LogP contribution in [-0.4, -0.2) is 5.91 Å². The highest BCUT2D eigenvalue weighted by molar-refractivity contribution is 6.30. The Morgan fingerprint density at radius 1 is 1.10 bits per heavy atom. The molecule has 0 radical (unpaired) electrons. The van der Waals surface area contributed by atoms with Gasteiger partial charge in [-0.25, -0.2) is 13.2 Å². The third-order valence-electron chi connectivity index (χ3n) is 2.77. The van der Waals surface area contributed by atoms with Crippen LogP contribution in [0.15, 0.2) is 36.4 Å². The molecule has 21 heavy (non-hydrogen) atoms. The van der Waals surface area contributed by atoms with Crippen molar-refractivity contribution < 1.29 is 18.0 Å². The molecule has 3 nitrogen and oxygen atoms in total. The van der Waals surface area contributed by atoms with Gasteiger partial charge in [-0.1, -0.05) is 17.7 Å². The monoisotopic (exact) mass is 314 g/mol. The van der Waals surface area contributed by atoms with Gasteiger partial charge in [0.2, 0.25) is 5.91 Å². The maximum Gasteiger partial charge on any atom is 0.244 e. The minimum absolute atomic E-state index is 0.361. The number of benzene rings is 2. The van der Waals surface area contributed by atoms with E-state index in [1.54, 1.807) is 18.2 Å². The Labute approximate surface area is 123 Å². The number of primary amides is 1. The molecule has 2 aromatic carbocycles. The van der Waals surface area contributed by atoms with Crippen LogP contribution < -0.4 is 11.1 Å². The first-order valence-electron chi connectivity index (χ1n) is 5.84. The van der Waals surface area contributed by atoms with Gasteiger partial charge >= 0.3 is 0 Å². The van der Waals surface area contributed by atoms with E-state index in [4.69, 9.17) is 17.3 Å². The normalized spacial score (nSPS) is 12.0. The van der Waals surface area contributed by atoms with Crippen LogP contribution in [0.5, 0.6) is 0 Å². The number of carbonyl (C=O) groups is 1. The molecule has 0 spiro atoms. The lowest BCUT2D eigenvalue weighted by Crippen LogP contribution is -2.28. The predicted molar refractivity (Wildman–Crippen MR) is 73.3 cm³/mol. The Morgan fingerprint density at radius 3 is 2.38 bits per heavy atom. The number of nitrogens with two attached hydrogens (primary N) is 1. The Hall–Kier alpha value is -2.21. The third kappa shape index (κ3) is 3.46. The minimum atomic E-state index is -1.36. The topological polar surface area (TPSA) is 55.1 Å². The third-order valence-corrected chi connectivity index (χ3v) is 3.01. The summed E-state index contributed by atoms with van der Waals surface area (Å²) in [4.78, 5) is 11.5. The van der Waals surface area contributed by atoms with Crippen molar-refractivity contribution in [3.05, 3.63) is 64.4 Å². The number of anilines is 1. The van der Waals surface area contributed by atoms with E-state index in [1.165, 1.54) is 6.07 Å². The zero-order valence-corrected chi connectivity index (χ0v) is 11.3. The molecule has 1 unspecified atom stereocenters. The zero-order valence-electron chi connectivity index (χ0n) is 10.5. The summed E-state index contributed by atoms with van der Waals surface area (Å²) in [6.45, 7) is 0. The number of hydrogen-bond donors (Lipinski definition) is 2. The summed E-state index contributed by atoms with van der Waals surface area (Å²) in [5.74, 6) is -4.64. The Morgan fingerprint density at radius 2 is 1.76 bits per heavy atom. The van der Waals surface area contributed by atoms with Gasteiger partial charge in [-0.2, -0.15) is 0 Å². The lowest BCUT2D eigenvalue weighted by Gasteiger charge is -2.18. The summed E-state index contributed by atoms with van der Waals surface area (Å²) in [6.07, 6.45) is 0. The fourth-order valence-electron chi connectivity index (χ4n) is 1.81. The van der Waals surface area contributed by atoms with Gasteiger partial charge < -0.3 is 11.1 Å². The van der Waals surface area contributed by atoms with Crippen LogP contribution in [-0.2, 0) is 4.79 Å². The molecule has 0 saturated carbocycles. The molecule has 7 heteroatoms. The molecule has 0 bridgehead atoms. The molecule has 2 aromatic rings. The van der Waals surface area contributed by atoms with Gasteiger partial charge in [0, 0.05) is 22.3 Å². The van der Waals surface area contributed by atoms with Crippen molar-refractivity contribution in [2.45, 2.75) is 6.04 Å². The maximum absolute atomic E-state index is 13.7. The van der Waals surface area contributed by atoms with Gasteiger partial charge in [-0.05, 0) is 24.3 Å². The number of rotatable bonds is 4. The average molecular weight is 315 g/mol. The van der Waals surface area contributed by atoms with Gasteiger partial charge in [-0.15, -0.1) is 0 Å². The summed E-state index contributed by atoms with van der Waals surface area (Å²) < 4.78 is 39.9. The van der Waals surface area contributed by atoms with E-state index in [0.717, 1.165) is 0 Å². The van der Waals surface area contributed by atoms with Crippen LogP contribution in [0.2, 0.25) is 5.02 Å². The molecule has 0 fully saturated rings. The lowest BCUT2D eigenvalue weighted by atomic mass is 10.0. The highest BCUT2D eigenvalue weighted by Crippen LogP contribution is 2.25. The second-order valence-corrected chi connectivity index (χ2v) is 4.71. The van der Waals surface area contributed by atoms with Crippen molar-refractivity contribution in [3.63, 3.8) is 0 Å². The van der Waals surface area contributed by atoms with E-state index in [-0.39, 0.29) is 5.56 Å². The number of halogens is 4. The number of amides is 1. The van der Waals surface area contributed by atoms with Crippen molar-refractivity contribution >= 4 is 23.2 Å².